The summed E-state index contributed by atoms with van der Waals surface area (Å²) >= 11 is 1.93. The Morgan fingerprint density at radius 1 is 1.27 bits per heavy atom. The minimum absolute atomic E-state index is 0.113. The summed E-state index contributed by atoms with van der Waals surface area (Å²) in [7, 11) is 0. The molecule has 2 fully saturated rings. The fourth-order valence-corrected chi connectivity index (χ4v) is 4.27. The molecular formula is C16H21N3O2S. The van der Waals surface area contributed by atoms with Gasteiger partial charge in [-0.2, -0.15) is 11.8 Å². The molecule has 0 spiro atoms. The van der Waals surface area contributed by atoms with Crippen LogP contribution in [-0.4, -0.2) is 48.1 Å². The first kappa shape index (κ1) is 14.4. The van der Waals surface area contributed by atoms with E-state index in [-0.39, 0.29) is 18.0 Å². The molecule has 1 aromatic carbocycles. The van der Waals surface area contributed by atoms with Gasteiger partial charge in [-0.25, -0.2) is 10.9 Å². The first-order chi connectivity index (χ1) is 10.8. The summed E-state index contributed by atoms with van der Waals surface area (Å²) in [5.74, 6) is 3.35. The number of carbonyl (C=O) groups excluding carboxylic acids is 1. The lowest BCUT2D eigenvalue weighted by atomic mass is 9.99. The molecule has 2 atom stereocenters. The van der Waals surface area contributed by atoms with Crippen LogP contribution in [0.5, 0.6) is 5.75 Å². The highest BCUT2D eigenvalue weighted by Crippen LogP contribution is 2.31. The van der Waals surface area contributed by atoms with Crippen molar-refractivity contribution < 1.29 is 9.53 Å². The van der Waals surface area contributed by atoms with E-state index in [9.17, 15) is 4.79 Å². The van der Waals surface area contributed by atoms with E-state index in [2.05, 4.69) is 29.1 Å². The Bertz CT molecular complexity index is 575. The number of nitrogens with zero attached hydrogens (tertiary/aromatic N) is 1. The van der Waals surface area contributed by atoms with Crippen LogP contribution in [0.3, 0.4) is 0 Å². The quantitative estimate of drug-likeness (QED) is 0.855. The van der Waals surface area contributed by atoms with Crippen molar-refractivity contribution >= 4 is 17.7 Å². The second-order valence-electron chi connectivity index (χ2n) is 6.03. The van der Waals surface area contributed by atoms with Crippen molar-refractivity contribution in [1.29, 1.82) is 0 Å². The lowest BCUT2D eigenvalue weighted by Gasteiger charge is -2.28. The van der Waals surface area contributed by atoms with Crippen LogP contribution in [0, 0.1) is 0 Å². The minimum Gasteiger partial charge on any atom is -0.493 e. The van der Waals surface area contributed by atoms with Gasteiger partial charge in [0.1, 0.15) is 11.8 Å². The Morgan fingerprint density at radius 2 is 2.14 bits per heavy atom. The highest BCUT2D eigenvalue weighted by atomic mass is 32.2. The first-order valence-electron chi connectivity index (χ1n) is 7.94. The number of rotatable bonds is 2. The lowest BCUT2D eigenvalue weighted by molar-refractivity contribution is -0.132. The Morgan fingerprint density at radius 3 is 3.00 bits per heavy atom. The van der Waals surface area contributed by atoms with Crippen LogP contribution in [0.1, 0.15) is 23.6 Å². The molecule has 2 N–H and O–H groups in total. The monoisotopic (exact) mass is 319 g/mol. The topological polar surface area (TPSA) is 53.6 Å². The van der Waals surface area contributed by atoms with E-state index in [0.29, 0.717) is 0 Å². The maximum Gasteiger partial charge on any atom is 0.241 e. The third-order valence-electron chi connectivity index (χ3n) is 4.64. The Labute approximate surface area is 134 Å². The number of fused-ring (bicyclic) bond motifs is 1. The van der Waals surface area contributed by atoms with Gasteiger partial charge in [-0.05, 0) is 23.6 Å². The molecule has 4 rings (SSSR count). The zero-order valence-corrected chi connectivity index (χ0v) is 13.3. The Hall–Kier alpha value is -1.24. The summed E-state index contributed by atoms with van der Waals surface area (Å²) in [5, 5.41) is 0. The smallest absolute Gasteiger partial charge is 0.241 e. The van der Waals surface area contributed by atoms with Crippen LogP contribution in [0.25, 0.3) is 0 Å². The fraction of sp³-hybridized carbons (Fsp3) is 0.562. The van der Waals surface area contributed by atoms with Crippen molar-refractivity contribution in [2.75, 3.05) is 31.2 Å². The summed E-state index contributed by atoms with van der Waals surface area (Å²) in [6.07, 6.45) is 1.79. The number of carbonyl (C=O) groups is 1. The molecule has 118 valence electrons. The molecule has 0 aromatic heterocycles. The van der Waals surface area contributed by atoms with Crippen LogP contribution in [-0.2, 0) is 11.2 Å². The molecule has 0 bridgehead atoms. The van der Waals surface area contributed by atoms with Gasteiger partial charge in [0.05, 0.1) is 6.61 Å². The number of hydrogen-bond acceptors (Lipinski definition) is 5. The van der Waals surface area contributed by atoms with Gasteiger partial charge in [-0.1, -0.05) is 12.1 Å². The maximum atomic E-state index is 12.6. The van der Waals surface area contributed by atoms with Crippen molar-refractivity contribution in [3.8, 4) is 5.75 Å². The molecule has 3 aliphatic heterocycles. The molecule has 0 radical (unpaired) electrons. The van der Waals surface area contributed by atoms with Crippen molar-refractivity contribution in [1.82, 2.24) is 15.8 Å². The molecule has 22 heavy (non-hydrogen) atoms. The standard InChI is InChI=1S/C16H21N3O2S/c20-16(19-4-7-22-8-5-19)14-10-13(17-18-14)11-1-2-15-12(9-11)3-6-21-15/h1-2,9,13-14,17-18H,3-8,10H2. The van der Waals surface area contributed by atoms with E-state index in [1.54, 1.807) is 0 Å². The summed E-state index contributed by atoms with van der Waals surface area (Å²) < 4.78 is 5.56. The normalized spacial score (nSPS) is 27.5. The largest absolute Gasteiger partial charge is 0.493 e. The molecule has 3 aliphatic rings. The number of amides is 1. The lowest BCUT2D eigenvalue weighted by Crippen LogP contribution is -2.48. The molecule has 3 heterocycles. The Balaban J connectivity index is 1.42. The second kappa shape index (κ2) is 6.10. The van der Waals surface area contributed by atoms with Gasteiger partial charge in [0.15, 0.2) is 0 Å². The van der Waals surface area contributed by atoms with E-state index in [0.717, 1.165) is 49.8 Å². The molecule has 5 nitrogen and oxygen atoms in total. The third-order valence-corrected chi connectivity index (χ3v) is 5.58. The fourth-order valence-electron chi connectivity index (χ4n) is 3.36. The van der Waals surface area contributed by atoms with Gasteiger partial charge in [0, 0.05) is 37.1 Å². The second-order valence-corrected chi connectivity index (χ2v) is 7.26. The maximum absolute atomic E-state index is 12.6. The number of benzene rings is 1. The predicted molar refractivity (Wildman–Crippen MR) is 87.0 cm³/mol. The summed E-state index contributed by atoms with van der Waals surface area (Å²) in [6.45, 7) is 2.54. The Kier molecular flexibility index (Phi) is 3.98. The van der Waals surface area contributed by atoms with Crippen molar-refractivity contribution in [3.05, 3.63) is 29.3 Å². The predicted octanol–water partition coefficient (Wildman–Crippen LogP) is 1.10. The minimum atomic E-state index is -0.113. The molecule has 1 amide bonds. The number of hydrazine groups is 1. The average Bonchev–Trinajstić information content (AvgIpc) is 3.23. The number of ether oxygens (including phenoxy) is 1. The first-order valence-corrected chi connectivity index (χ1v) is 9.10. The summed E-state index contributed by atoms with van der Waals surface area (Å²) in [4.78, 5) is 14.6. The van der Waals surface area contributed by atoms with Gasteiger partial charge in [0.25, 0.3) is 0 Å². The number of nitrogens with one attached hydrogen (secondary N) is 2. The van der Waals surface area contributed by atoms with Crippen LogP contribution in [0.4, 0.5) is 0 Å². The van der Waals surface area contributed by atoms with Crippen LogP contribution < -0.4 is 15.6 Å². The van der Waals surface area contributed by atoms with E-state index in [1.807, 2.05) is 16.7 Å². The molecule has 2 saturated heterocycles. The summed E-state index contributed by atoms with van der Waals surface area (Å²) in [6, 6.07) is 6.45. The van der Waals surface area contributed by atoms with Gasteiger partial charge in [-0.15, -0.1) is 0 Å². The van der Waals surface area contributed by atoms with Crippen molar-refractivity contribution in [3.63, 3.8) is 0 Å². The highest BCUT2D eigenvalue weighted by Gasteiger charge is 2.33. The van der Waals surface area contributed by atoms with Crippen molar-refractivity contribution in [2.24, 2.45) is 0 Å². The SMILES string of the molecule is O=C(C1CC(c2ccc3c(c2)CCO3)NN1)N1CCSCC1. The molecule has 0 aliphatic carbocycles. The third kappa shape index (κ3) is 2.71. The summed E-state index contributed by atoms with van der Waals surface area (Å²) in [5.41, 5.74) is 9.00. The van der Waals surface area contributed by atoms with Gasteiger partial charge in [-0.3, -0.25) is 4.79 Å². The average molecular weight is 319 g/mol. The highest BCUT2D eigenvalue weighted by molar-refractivity contribution is 7.99. The van der Waals surface area contributed by atoms with Crippen LogP contribution in [0.15, 0.2) is 18.2 Å². The van der Waals surface area contributed by atoms with E-state index in [1.165, 1.54) is 11.1 Å². The van der Waals surface area contributed by atoms with E-state index < -0.39 is 0 Å². The van der Waals surface area contributed by atoms with E-state index in [4.69, 9.17) is 4.74 Å². The van der Waals surface area contributed by atoms with Crippen LogP contribution in [0.2, 0.25) is 0 Å². The molecule has 1 aromatic rings. The molecular weight excluding hydrogens is 298 g/mol. The van der Waals surface area contributed by atoms with Gasteiger partial charge < -0.3 is 9.64 Å². The van der Waals surface area contributed by atoms with Gasteiger partial charge in [0.2, 0.25) is 5.91 Å². The zero-order valence-electron chi connectivity index (χ0n) is 12.5. The van der Waals surface area contributed by atoms with Crippen molar-refractivity contribution in [2.45, 2.75) is 24.9 Å². The number of hydrogen-bond donors (Lipinski definition) is 2. The number of thioether (sulfide) groups is 1. The van der Waals surface area contributed by atoms with E-state index >= 15 is 0 Å². The molecule has 2 unspecified atom stereocenters. The molecule has 6 heteroatoms. The zero-order chi connectivity index (χ0) is 14.9. The molecule has 0 saturated carbocycles. The van der Waals surface area contributed by atoms with Gasteiger partial charge >= 0.3 is 0 Å². The van der Waals surface area contributed by atoms with Crippen LogP contribution >= 0.6 is 11.8 Å².